The molecule has 0 N–H and O–H groups in total. The first-order valence-electron chi connectivity index (χ1n) is 19.4. The Morgan fingerprint density at radius 3 is 1.95 bits per heavy atom. The third-order valence-electron chi connectivity index (χ3n) is 11.5. The van der Waals surface area contributed by atoms with Crippen molar-refractivity contribution in [3.05, 3.63) is 211 Å². The minimum atomic E-state index is -0.179. The van der Waals surface area contributed by atoms with Crippen molar-refractivity contribution in [1.82, 2.24) is 0 Å². The quantitative estimate of drug-likeness (QED) is 0.146. The van der Waals surface area contributed by atoms with Gasteiger partial charge in [0.1, 0.15) is 17.2 Å². The van der Waals surface area contributed by atoms with Crippen molar-refractivity contribution in [1.29, 1.82) is 0 Å². The van der Waals surface area contributed by atoms with Gasteiger partial charge in [0.2, 0.25) is 0 Å². The molecular weight excluding hydrogens is 681 g/mol. The number of anilines is 3. The summed E-state index contributed by atoms with van der Waals surface area (Å²) in [5.41, 5.74) is 15.3. The Morgan fingerprint density at radius 2 is 1.14 bits per heavy atom. The highest BCUT2D eigenvalue weighted by Crippen LogP contribution is 2.57. The molecule has 0 bridgehead atoms. The first-order chi connectivity index (χ1) is 27.5. The maximum Gasteiger partial charge on any atom is 0.396 e. The molecule has 0 saturated heterocycles. The smallest absolute Gasteiger partial charge is 0.396 e. The summed E-state index contributed by atoms with van der Waals surface area (Å²) in [6.45, 7) is 4.66. The van der Waals surface area contributed by atoms with E-state index in [9.17, 15) is 0 Å². The first-order valence-corrected chi connectivity index (χ1v) is 19.4. The molecule has 0 spiro atoms. The Hall–Kier alpha value is -6.78. The van der Waals surface area contributed by atoms with E-state index in [4.69, 9.17) is 9.39 Å². The van der Waals surface area contributed by atoms with Crippen LogP contribution in [0.1, 0.15) is 30.5 Å². The van der Waals surface area contributed by atoms with E-state index in [0.717, 1.165) is 46.2 Å². The molecule has 0 amide bonds. The van der Waals surface area contributed by atoms with E-state index in [2.05, 4.69) is 176 Å². The molecule has 0 aromatic heterocycles. The molecule has 0 fully saturated rings. The van der Waals surface area contributed by atoms with Gasteiger partial charge in [-0.1, -0.05) is 153 Å². The fourth-order valence-corrected chi connectivity index (χ4v) is 8.79. The Bertz CT molecular complexity index is 2710. The van der Waals surface area contributed by atoms with Crippen LogP contribution in [-0.4, -0.2) is 6.92 Å². The SMILES string of the molecule is CC1(C)c2ccccc2-c2c1ccc(N(c1cccc(Oc3ccccc3)c1)c1cccc(-c3ccccc3)c1)c2-c1cccc2c1CB(c1ccccc1)O2. The summed E-state index contributed by atoms with van der Waals surface area (Å²) in [6, 6.07) is 68.8. The van der Waals surface area contributed by atoms with Gasteiger partial charge in [-0.3, -0.25) is 0 Å². The Labute approximate surface area is 329 Å². The van der Waals surface area contributed by atoms with Crippen LogP contribution in [-0.2, 0) is 11.7 Å². The van der Waals surface area contributed by atoms with E-state index >= 15 is 0 Å². The third kappa shape index (κ3) is 5.86. The highest BCUT2D eigenvalue weighted by atomic mass is 16.5. The van der Waals surface area contributed by atoms with E-state index in [1.165, 1.54) is 50.0 Å². The van der Waals surface area contributed by atoms with Gasteiger partial charge in [-0.15, -0.1) is 0 Å². The normalized spacial score (nSPS) is 13.4. The molecule has 8 aromatic carbocycles. The summed E-state index contributed by atoms with van der Waals surface area (Å²) in [7, 11) is 0. The van der Waals surface area contributed by atoms with Crippen LogP contribution < -0.4 is 19.8 Å². The number of ether oxygens (including phenoxy) is 1. The van der Waals surface area contributed by atoms with Crippen molar-refractivity contribution < 1.29 is 9.39 Å². The lowest BCUT2D eigenvalue weighted by Gasteiger charge is -2.31. The molecule has 1 aliphatic carbocycles. The highest BCUT2D eigenvalue weighted by Gasteiger charge is 2.40. The molecule has 0 atom stereocenters. The molecule has 0 radical (unpaired) electrons. The van der Waals surface area contributed by atoms with Crippen LogP contribution in [0.5, 0.6) is 17.2 Å². The lowest BCUT2D eigenvalue weighted by atomic mass is 9.58. The summed E-state index contributed by atoms with van der Waals surface area (Å²) >= 11 is 0. The average Bonchev–Trinajstić information content (AvgIpc) is 3.79. The second kappa shape index (κ2) is 13.8. The van der Waals surface area contributed by atoms with Gasteiger partial charge in [0, 0.05) is 28.4 Å². The van der Waals surface area contributed by atoms with Crippen LogP contribution >= 0.6 is 0 Å². The van der Waals surface area contributed by atoms with Crippen molar-refractivity contribution >= 4 is 29.4 Å². The zero-order valence-corrected chi connectivity index (χ0v) is 31.5. The fourth-order valence-electron chi connectivity index (χ4n) is 8.79. The molecule has 3 nitrogen and oxygen atoms in total. The number of fused-ring (bicyclic) bond motifs is 4. The summed E-state index contributed by atoms with van der Waals surface area (Å²) in [5.74, 6) is 2.51. The van der Waals surface area contributed by atoms with Gasteiger partial charge < -0.3 is 14.3 Å². The number of hydrogen-bond donors (Lipinski definition) is 0. The highest BCUT2D eigenvalue weighted by molar-refractivity contribution is 6.68. The molecule has 2 aliphatic rings. The largest absolute Gasteiger partial charge is 0.555 e. The third-order valence-corrected chi connectivity index (χ3v) is 11.5. The van der Waals surface area contributed by atoms with E-state index in [1.807, 2.05) is 36.4 Å². The minimum Gasteiger partial charge on any atom is -0.555 e. The predicted octanol–water partition coefficient (Wildman–Crippen LogP) is 13.0. The van der Waals surface area contributed by atoms with Gasteiger partial charge in [0.25, 0.3) is 0 Å². The van der Waals surface area contributed by atoms with Crippen molar-refractivity contribution in [3.8, 4) is 50.6 Å². The Kier molecular flexibility index (Phi) is 8.33. The van der Waals surface area contributed by atoms with Crippen molar-refractivity contribution in [2.45, 2.75) is 25.6 Å². The molecule has 56 heavy (non-hydrogen) atoms. The van der Waals surface area contributed by atoms with Gasteiger partial charge in [-0.2, -0.15) is 0 Å². The number of nitrogens with zero attached hydrogens (tertiary/aromatic N) is 1. The van der Waals surface area contributed by atoms with E-state index in [1.54, 1.807) is 0 Å². The number of rotatable bonds is 8. The van der Waals surface area contributed by atoms with Crippen LogP contribution in [0.15, 0.2) is 194 Å². The molecular formula is C52H40BNO2. The zero-order valence-electron chi connectivity index (χ0n) is 31.5. The maximum atomic E-state index is 6.76. The first kappa shape index (κ1) is 33.8. The predicted molar refractivity (Wildman–Crippen MR) is 232 cm³/mol. The van der Waals surface area contributed by atoms with E-state index in [-0.39, 0.29) is 12.3 Å². The molecule has 8 aromatic rings. The summed E-state index contributed by atoms with van der Waals surface area (Å²) in [4.78, 5) is 2.41. The van der Waals surface area contributed by atoms with E-state index in [0.29, 0.717) is 0 Å². The van der Waals surface area contributed by atoms with Crippen LogP contribution in [0.4, 0.5) is 17.1 Å². The fraction of sp³-hybridized carbons (Fsp3) is 0.0769. The van der Waals surface area contributed by atoms with Crippen LogP contribution in [0.3, 0.4) is 0 Å². The summed E-state index contributed by atoms with van der Waals surface area (Å²) in [5, 5.41) is 0. The van der Waals surface area contributed by atoms with Crippen molar-refractivity contribution in [3.63, 3.8) is 0 Å². The van der Waals surface area contributed by atoms with Gasteiger partial charge in [-0.25, -0.2) is 0 Å². The number of para-hydroxylation sites is 1. The molecule has 4 heteroatoms. The standard InChI is InChI=1S/C52H40BNO2/c1-52(2)46-29-13-12-27-44(46)50-47(52)31-32-48(51(50)43-28-16-30-49-45(43)35-53(56-49)38-20-8-4-9-21-38)54(39-22-14-19-37(33-39)36-17-6-3-7-18-36)40-23-15-26-42(34-40)55-41-24-10-5-11-25-41/h3-34H,35H2,1-2H3. The summed E-state index contributed by atoms with van der Waals surface area (Å²) in [6.07, 6.45) is 0.785. The summed E-state index contributed by atoms with van der Waals surface area (Å²) < 4.78 is 13.2. The molecule has 10 rings (SSSR count). The number of benzene rings is 8. The lowest BCUT2D eigenvalue weighted by molar-refractivity contribution is 0.483. The van der Waals surface area contributed by atoms with Gasteiger partial charge in [-0.05, 0) is 105 Å². The second-order valence-corrected chi connectivity index (χ2v) is 15.2. The maximum absolute atomic E-state index is 6.76. The Morgan fingerprint density at radius 1 is 0.518 bits per heavy atom. The van der Waals surface area contributed by atoms with Crippen LogP contribution in [0.25, 0.3) is 33.4 Å². The molecule has 1 heterocycles. The molecule has 1 aliphatic heterocycles. The van der Waals surface area contributed by atoms with Crippen LogP contribution in [0, 0.1) is 0 Å². The van der Waals surface area contributed by atoms with Crippen molar-refractivity contribution in [2.24, 2.45) is 0 Å². The average molecular weight is 722 g/mol. The van der Waals surface area contributed by atoms with E-state index < -0.39 is 0 Å². The van der Waals surface area contributed by atoms with Gasteiger partial charge >= 0.3 is 6.92 Å². The van der Waals surface area contributed by atoms with Crippen LogP contribution in [0.2, 0.25) is 0 Å². The topological polar surface area (TPSA) is 21.7 Å². The molecule has 268 valence electrons. The monoisotopic (exact) mass is 721 g/mol. The van der Waals surface area contributed by atoms with Gasteiger partial charge in [0.05, 0.1) is 5.69 Å². The minimum absolute atomic E-state index is 0.0539. The second-order valence-electron chi connectivity index (χ2n) is 15.2. The number of hydrogen-bond acceptors (Lipinski definition) is 3. The molecule has 0 saturated carbocycles. The lowest BCUT2D eigenvalue weighted by Crippen LogP contribution is -2.35. The molecule has 0 unspecified atom stereocenters. The zero-order chi connectivity index (χ0) is 37.6. The Balaban J connectivity index is 1.24. The van der Waals surface area contributed by atoms with Gasteiger partial charge in [0.15, 0.2) is 0 Å². The van der Waals surface area contributed by atoms with Crippen molar-refractivity contribution in [2.75, 3.05) is 4.90 Å².